The third-order valence-electron chi connectivity index (χ3n) is 4.55. The number of ether oxygens (including phenoxy) is 1. The molecule has 0 spiro atoms. The summed E-state index contributed by atoms with van der Waals surface area (Å²) >= 11 is 0. The first-order chi connectivity index (χ1) is 12.2. The molecular formula is C20H24FN2O2+. The maximum absolute atomic E-state index is 13.5. The molecule has 1 aliphatic rings. The molecule has 1 fully saturated rings. The fourth-order valence-electron chi connectivity index (χ4n) is 3.21. The second-order valence-corrected chi connectivity index (χ2v) is 6.47. The predicted molar refractivity (Wildman–Crippen MR) is 93.9 cm³/mol. The van der Waals surface area contributed by atoms with Crippen molar-refractivity contribution in [2.45, 2.75) is 25.4 Å². The molecule has 1 saturated heterocycles. The van der Waals surface area contributed by atoms with E-state index >= 15 is 0 Å². The maximum Gasteiger partial charge on any atom is 0.258 e. The molecule has 1 aliphatic heterocycles. The minimum Gasteiger partial charge on any atom is -0.481 e. The first-order valence-electron chi connectivity index (χ1n) is 8.75. The van der Waals surface area contributed by atoms with Gasteiger partial charge in [0.05, 0.1) is 13.1 Å². The van der Waals surface area contributed by atoms with Gasteiger partial charge < -0.3 is 15.0 Å². The van der Waals surface area contributed by atoms with Gasteiger partial charge in [-0.05, 0) is 12.1 Å². The third kappa shape index (κ3) is 5.29. The van der Waals surface area contributed by atoms with Crippen molar-refractivity contribution in [3.8, 4) is 5.75 Å². The molecule has 0 bridgehead atoms. The van der Waals surface area contributed by atoms with Crippen LogP contribution in [0, 0.1) is 5.82 Å². The lowest BCUT2D eigenvalue weighted by molar-refractivity contribution is -0.918. The van der Waals surface area contributed by atoms with Crippen LogP contribution in [0.25, 0.3) is 0 Å². The summed E-state index contributed by atoms with van der Waals surface area (Å²) in [4.78, 5) is 13.5. The van der Waals surface area contributed by atoms with E-state index in [1.807, 2.05) is 6.07 Å². The Morgan fingerprint density at radius 2 is 1.76 bits per heavy atom. The van der Waals surface area contributed by atoms with Gasteiger partial charge in [0.1, 0.15) is 6.54 Å². The topological polar surface area (TPSA) is 42.8 Å². The quantitative estimate of drug-likeness (QED) is 0.836. The van der Waals surface area contributed by atoms with Crippen LogP contribution in [0.15, 0.2) is 54.6 Å². The van der Waals surface area contributed by atoms with Gasteiger partial charge in [-0.2, -0.15) is 0 Å². The number of piperidine rings is 1. The SMILES string of the molecule is O=C(COc1ccccc1F)NC1CC[NH+](Cc2ccccc2)CC1. The van der Waals surface area contributed by atoms with Gasteiger partial charge in [0, 0.05) is 24.4 Å². The number of halogens is 1. The zero-order chi connectivity index (χ0) is 17.5. The average Bonchev–Trinajstić information content (AvgIpc) is 2.64. The Kier molecular flexibility index (Phi) is 6.01. The molecule has 0 aliphatic carbocycles. The molecule has 1 amide bonds. The molecule has 2 N–H and O–H groups in total. The number of hydrogen-bond acceptors (Lipinski definition) is 2. The summed E-state index contributed by atoms with van der Waals surface area (Å²) in [5.74, 6) is -0.535. The molecule has 132 valence electrons. The standard InChI is InChI=1S/C20H23FN2O2/c21-18-8-4-5-9-19(18)25-15-20(24)22-17-10-12-23(13-11-17)14-16-6-2-1-3-7-16/h1-9,17H,10-15H2,(H,22,24)/p+1. The van der Waals surface area contributed by atoms with Crippen molar-refractivity contribution in [2.24, 2.45) is 0 Å². The number of hydrogen-bond donors (Lipinski definition) is 2. The Morgan fingerprint density at radius 3 is 2.48 bits per heavy atom. The number of benzene rings is 2. The van der Waals surface area contributed by atoms with Crippen molar-refractivity contribution in [1.29, 1.82) is 0 Å². The molecule has 1 heterocycles. The largest absolute Gasteiger partial charge is 0.481 e. The summed E-state index contributed by atoms with van der Waals surface area (Å²) in [6.07, 6.45) is 1.90. The Morgan fingerprint density at radius 1 is 1.08 bits per heavy atom. The first-order valence-corrected chi connectivity index (χ1v) is 8.75. The summed E-state index contributed by atoms with van der Waals surface area (Å²) in [6, 6.07) is 16.8. The fraction of sp³-hybridized carbons (Fsp3) is 0.350. The number of quaternary nitrogens is 1. The zero-order valence-corrected chi connectivity index (χ0v) is 14.2. The highest BCUT2D eigenvalue weighted by Gasteiger charge is 2.23. The number of rotatable bonds is 6. The maximum atomic E-state index is 13.5. The van der Waals surface area contributed by atoms with E-state index in [-0.39, 0.29) is 24.3 Å². The molecule has 0 saturated carbocycles. The van der Waals surface area contributed by atoms with Crippen LogP contribution in [0.4, 0.5) is 4.39 Å². The highest BCUT2D eigenvalue weighted by molar-refractivity contribution is 5.77. The molecule has 25 heavy (non-hydrogen) atoms. The van der Waals surface area contributed by atoms with Crippen molar-refractivity contribution in [3.63, 3.8) is 0 Å². The lowest BCUT2D eigenvalue weighted by atomic mass is 10.0. The third-order valence-corrected chi connectivity index (χ3v) is 4.55. The molecule has 3 rings (SSSR count). The van der Waals surface area contributed by atoms with E-state index in [9.17, 15) is 9.18 Å². The van der Waals surface area contributed by atoms with Crippen LogP contribution in [0.2, 0.25) is 0 Å². The Hall–Kier alpha value is -2.40. The van der Waals surface area contributed by atoms with E-state index < -0.39 is 5.82 Å². The van der Waals surface area contributed by atoms with Crippen LogP contribution in [0.5, 0.6) is 5.75 Å². The molecule has 0 unspecified atom stereocenters. The highest BCUT2D eigenvalue weighted by Crippen LogP contribution is 2.15. The number of likely N-dealkylation sites (tertiary alicyclic amines) is 1. The van der Waals surface area contributed by atoms with Gasteiger partial charge in [-0.15, -0.1) is 0 Å². The van der Waals surface area contributed by atoms with Gasteiger partial charge in [-0.25, -0.2) is 4.39 Å². The number of carbonyl (C=O) groups is 1. The molecule has 4 nitrogen and oxygen atoms in total. The van der Waals surface area contributed by atoms with E-state index in [0.717, 1.165) is 32.5 Å². The van der Waals surface area contributed by atoms with E-state index in [0.29, 0.717) is 0 Å². The van der Waals surface area contributed by atoms with Crippen LogP contribution in [0.3, 0.4) is 0 Å². The predicted octanol–water partition coefficient (Wildman–Crippen LogP) is 1.57. The molecule has 5 heteroatoms. The van der Waals surface area contributed by atoms with Gasteiger partial charge in [0.25, 0.3) is 5.91 Å². The number of amides is 1. The number of para-hydroxylation sites is 1. The van der Waals surface area contributed by atoms with Crippen molar-refractivity contribution in [3.05, 3.63) is 66.0 Å². The summed E-state index contributed by atoms with van der Waals surface area (Å²) < 4.78 is 18.7. The summed E-state index contributed by atoms with van der Waals surface area (Å²) in [5, 5.41) is 2.99. The normalized spacial score (nSPS) is 20.0. The van der Waals surface area contributed by atoms with Crippen molar-refractivity contribution < 1.29 is 18.8 Å². The minimum absolute atomic E-state index is 0.111. The molecule has 0 atom stereocenters. The Balaban J connectivity index is 1.38. The first kappa shape index (κ1) is 17.4. The number of nitrogens with one attached hydrogen (secondary N) is 2. The van der Waals surface area contributed by atoms with Crippen LogP contribution in [0.1, 0.15) is 18.4 Å². The number of carbonyl (C=O) groups excluding carboxylic acids is 1. The summed E-state index contributed by atoms with van der Waals surface area (Å²) in [6.45, 7) is 2.94. The Labute approximate surface area is 147 Å². The average molecular weight is 343 g/mol. The van der Waals surface area contributed by atoms with Gasteiger partial charge in [-0.1, -0.05) is 42.5 Å². The zero-order valence-electron chi connectivity index (χ0n) is 14.2. The van der Waals surface area contributed by atoms with Gasteiger partial charge in [0.15, 0.2) is 18.2 Å². The lowest BCUT2D eigenvalue weighted by Crippen LogP contribution is -3.12. The highest BCUT2D eigenvalue weighted by atomic mass is 19.1. The van der Waals surface area contributed by atoms with Gasteiger partial charge in [0.2, 0.25) is 0 Å². The lowest BCUT2D eigenvalue weighted by Gasteiger charge is -2.29. The summed E-state index contributed by atoms with van der Waals surface area (Å²) in [7, 11) is 0. The Bertz CT molecular complexity index is 685. The van der Waals surface area contributed by atoms with Crippen molar-refractivity contribution in [2.75, 3.05) is 19.7 Å². The summed E-state index contributed by atoms with van der Waals surface area (Å²) in [5.41, 5.74) is 1.35. The van der Waals surface area contributed by atoms with Gasteiger partial charge >= 0.3 is 0 Å². The molecule has 0 radical (unpaired) electrons. The smallest absolute Gasteiger partial charge is 0.258 e. The van der Waals surface area contributed by atoms with E-state index in [2.05, 4.69) is 29.6 Å². The van der Waals surface area contributed by atoms with Crippen LogP contribution >= 0.6 is 0 Å². The van der Waals surface area contributed by atoms with Gasteiger partial charge in [-0.3, -0.25) is 4.79 Å². The monoisotopic (exact) mass is 343 g/mol. The molecule has 0 aromatic heterocycles. The van der Waals surface area contributed by atoms with Crippen molar-refractivity contribution >= 4 is 5.91 Å². The van der Waals surface area contributed by atoms with Crippen LogP contribution < -0.4 is 15.0 Å². The van der Waals surface area contributed by atoms with E-state index in [1.54, 1.807) is 17.0 Å². The fourth-order valence-corrected chi connectivity index (χ4v) is 3.21. The van der Waals surface area contributed by atoms with E-state index in [4.69, 9.17) is 4.74 Å². The second kappa shape index (κ2) is 8.62. The molecular weight excluding hydrogens is 319 g/mol. The van der Waals surface area contributed by atoms with Crippen molar-refractivity contribution in [1.82, 2.24) is 5.32 Å². The minimum atomic E-state index is -0.451. The van der Waals surface area contributed by atoms with E-state index in [1.165, 1.54) is 17.7 Å². The van der Waals surface area contributed by atoms with Crippen LogP contribution in [-0.2, 0) is 11.3 Å². The van der Waals surface area contributed by atoms with Crippen LogP contribution in [-0.4, -0.2) is 31.6 Å². The second-order valence-electron chi connectivity index (χ2n) is 6.47. The molecule has 2 aromatic carbocycles. The molecule has 2 aromatic rings.